The highest BCUT2D eigenvalue weighted by Gasteiger charge is 2.33. The highest BCUT2D eigenvalue weighted by atomic mass is 35.5. The summed E-state index contributed by atoms with van der Waals surface area (Å²) in [6, 6.07) is 17.4. The topological polar surface area (TPSA) is 108 Å². The predicted molar refractivity (Wildman–Crippen MR) is 116 cm³/mol. The van der Waals surface area contributed by atoms with Crippen molar-refractivity contribution in [2.75, 3.05) is 13.1 Å². The summed E-state index contributed by atoms with van der Waals surface area (Å²) in [5, 5.41) is 0. The van der Waals surface area contributed by atoms with Crippen LogP contribution < -0.4 is 16.2 Å². The van der Waals surface area contributed by atoms with Crippen LogP contribution in [-0.4, -0.2) is 42.0 Å². The molecule has 0 bridgehead atoms. The maximum Gasteiger partial charge on any atom is 0.252 e. The lowest BCUT2D eigenvalue weighted by Crippen LogP contribution is -2.43. The van der Waals surface area contributed by atoms with Crippen LogP contribution in [0.2, 0.25) is 0 Å². The van der Waals surface area contributed by atoms with Crippen molar-refractivity contribution in [2.24, 2.45) is 11.5 Å². The summed E-state index contributed by atoms with van der Waals surface area (Å²) in [6.45, 7) is 0.976. The summed E-state index contributed by atoms with van der Waals surface area (Å²) >= 11 is 0. The quantitative estimate of drug-likeness (QED) is 0.628. The Morgan fingerprint density at radius 1 is 1.03 bits per heavy atom. The first-order valence-electron chi connectivity index (χ1n) is 9.73. The van der Waals surface area contributed by atoms with E-state index < -0.39 is 12.0 Å². The number of nitrogens with zero attached hydrogens (tertiary/aromatic N) is 1. The van der Waals surface area contributed by atoms with Crippen molar-refractivity contribution in [3.05, 3.63) is 65.7 Å². The number of benzene rings is 2. The molecule has 0 unspecified atom stereocenters. The van der Waals surface area contributed by atoms with E-state index in [2.05, 4.69) is 0 Å². The molecule has 0 spiro atoms. The number of halogens is 1. The molecule has 1 fully saturated rings. The van der Waals surface area contributed by atoms with Gasteiger partial charge in [0.25, 0.3) is 5.91 Å². The molecular formula is C22H28ClN3O4. The summed E-state index contributed by atoms with van der Waals surface area (Å²) < 4.78 is 11.5. The molecule has 2 amide bonds. The molecule has 0 aliphatic carbocycles. The van der Waals surface area contributed by atoms with Crippen molar-refractivity contribution in [3.63, 3.8) is 0 Å². The van der Waals surface area contributed by atoms with E-state index in [1.165, 1.54) is 4.90 Å². The zero-order chi connectivity index (χ0) is 20.6. The number of carbonyl (C=O) groups excluding carboxylic acids is 2. The lowest BCUT2D eigenvalue weighted by molar-refractivity contribution is -0.145. The minimum Gasteiger partial charge on any atom is -0.489 e. The van der Waals surface area contributed by atoms with E-state index in [0.29, 0.717) is 19.6 Å². The molecule has 30 heavy (non-hydrogen) atoms. The van der Waals surface area contributed by atoms with Gasteiger partial charge in [0.15, 0.2) is 0 Å². The van der Waals surface area contributed by atoms with Crippen molar-refractivity contribution in [1.82, 2.24) is 4.90 Å². The van der Waals surface area contributed by atoms with Gasteiger partial charge >= 0.3 is 0 Å². The van der Waals surface area contributed by atoms with E-state index in [9.17, 15) is 9.59 Å². The molecule has 3 rings (SSSR count). The van der Waals surface area contributed by atoms with Crippen molar-refractivity contribution >= 4 is 24.2 Å². The van der Waals surface area contributed by atoms with Crippen molar-refractivity contribution in [2.45, 2.75) is 38.2 Å². The van der Waals surface area contributed by atoms with Crippen LogP contribution in [0.25, 0.3) is 0 Å². The second kappa shape index (κ2) is 11.5. The Morgan fingerprint density at radius 3 is 2.33 bits per heavy atom. The molecule has 0 aromatic heterocycles. The molecule has 1 aliphatic rings. The van der Waals surface area contributed by atoms with Gasteiger partial charge in [-0.15, -0.1) is 12.4 Å². The first-order valence-corrected chi connectivity index (χ1v) is 9.73. The van der Waals surface area contributed by atoms with E-state index in [1.54, 1.807) is 0 Å². The number of nitrogens with two attached hydrogens (primary N) is 2. The van der Waals surface area contributed by atoms with Gasteiger partial charge in [0.2, 0.25) is 5.91 Å². The van der Waals surface area contributed by atoms with Gasteiger partial charge in [-0.2, -0.15) is 0 Å². The molecule has 0 saturated carbocycles. The van der Waals surface area contributed by atoms with E-state index >= 15 is 0 Å². The molecule has 1 heterocycles. The molecule has 2 aromatic carbocycles. The van der Waals surface area contributed by atoms with Crippen molar-refractivity contribution < 1.29 is 19.1 Å². The summed E-state index contributed by atoms with van der Waals surface area (Å²) in [4.78, 5) is 25.7. The van der Waals surface area contributed by atoms with Gasteiger partial charge in [0.1, 0.15) is 18.5 Å². The van der Waals surface area contributed by atoms with E-state index in [-0.39, 0.29) is 37.5 Å². The molecule has 4 N–H and O–H groups in total. The first kappa shape index (κ1) is 23.7. The lowest BCUT2D eigenvalue weighted by atomic mass is 10.1. The highest BCUT2D eigenvalue weighted by Crippen LogP contribution is 2.22. The van der Waals surface area contributed by atoms with Gasteiger partial charge in [0, 0.05) is 13.1 Å². The Morgan fingerprint density at radius 2 is 1.73 bits per heavy atom. The Labute approximate surface area is 182 Å². The Balaban J connectivity index is 0.00000320. The number of amides is 2. The van der Waals surface area contributed by atoms with Crippen LogP contribution in [0, 0.1) is 0 Å². The number of primary amides is 1. The number of hydrogen-bond donors (Lipinski definition) is 2. The van der Waals surface area contributed by atoms with Gasteiger partial charge in [0.05, 0.1) is 12.6 Å². The molecule has 1 saturated heterocycles. The molecule has 162 valence electrons. The molecule has 7 nitrogen and oxygen atoms in total. The van der Waals surface area contributed by atoms with Crippen molar-refractivity contribution in [1.29, 1.82) is 0 Å². The smallest absolute Gasteiger partial charge is 0.252 e. The number of rotatable bonds is 9. The van der Waals surface area contributed by atoms with Crippen LogP contribution in [0.3, 0.4) is 0 Å². The normalized spacial score (nSPS) is 17.8. The summed E-state index contributed by atoms with van der Waals surface area (Å²) in [5.74, 6) is -0.0611. The Hall–Kier alpha value is -2.61. The fourth-order valence-electron chi connectivity index (χ4n) is 3.32. The highest BCUT2D eigenvalue weighted by molar-refractivity contribution is 5.86. The minimum absolute atomic E-state index is 0. The molecule has 0 radical (unpaired) electrons. The largest absolute Gasteiger partial charge is 0.489 e. The van der Waals surface area contributed by atoms with Crippen LogP contribution in [0.4, 0.5) is 0 Å². The van der Waals surface area contributed by atoms with E-state index in [1.807, 2.05) is 54.6 Å². The number of hydrogen-bond acceptors (Lipinski definition) is 5. The maximum absolute atomic E-state index is 12.8. The average Bonchev–Trinajstić information content (AvgIpc) is 3.22. The van der Waals surface area contributed by atoms with E-state index in [0.717, 1.165) is 23.3 Å². The monoisotopic (exact) mass is 433 g/mol. The average molecular weight is 434 g/mol. The third-order valence-electron chi connectivity index (χ3n) is 4.85. The van der Waals surface area contributed by atoms with Gasteiger partial charge in [-0.05, 0) is 36.1 Å². The van der Waals surface area contributed by atoms with Crippen LogP contribution in [-0.2, 0) is 27.5 Å². The van der Waals surface area contributed by atoms with Gasteiger partial charge < -0.3 is 25.8 Å². The number of carbonyl (C=O) groups is 2. The lowest BCUT2D eigenvalue weighted by Gasteiger charge is -2.24. The third kappa shape index (κ3) is 6.73. The fourth-order valence-corrected chi connectivity index (χ4v) is 3.32. The molecule has 8 heteroatoms. The van der Waals surface area contributed by atoms with Gasteiger partial charge in [-0.1, -0.05) is 42.5 Å². The Bertz CT molecular complexity index is 817. The summed E-state index contributed by atoms with van der Waals surface area (Å²) in [6.07, 6.45) is 0.657. The molecule has 2 aromatic rings. The second-order valence-corrected chi connectivity index (χ2v) is 7.14. The summed E-state index contributed by atoms with van der Waals surface area (Å²) in [5.41, 5.74) is 12.9. The maximum atomic E-state index is 12.8. The standard InChI is InChI=1S/C22H27N3O4.ClH/c23-12-19-10-11-20(29-19)22(27)25(14-21(24)26)13-16-6-8-18(9-7-16)28-15-17-4-2-1-3-5-17;/h1-9,19-20H,10-15,23H2,(H2,24,26);1H/t19-,20+;/m1./s1. The van der Waals surface area contributed by atoms with Crippen molar-refractivity contribution in [3.8, 4) is 5.75 Å². The SMILES string of the molecule is Cl.NC[C@H]1CC[C@@H](C(=O)N(CC(N)=O)Cc2ccc(OCc3ccccc3)cc2)O1. The molecule has 2 atom stereocenters. The van der Waals surface area contributed by atoms with Crippen LogP contribution >= 0.6 is 12.4 Å². The fraction of sp³-hybridized carbons (Fsp3) is 0.364. The van der Waals surface area contributed by atoms with Gasteiger partial charge in [-0.25, -0.2) is 0 Å². The Kier molecular flexibility index (Phi) is 9.11. The van der Waals surface area contributed by atoms with Gasteiger partial charge in [-0.3, -0.25) is 9.59 Å². The second-order valence-electron chi connectivity index (χ2n) is 7.14. The third-order valence-corrected chi connectivity index (χ3v) is 4.85. The zero-order valence-corrected chi connectivity index (χ0v) is 17.6. The first-order chi connectivity index (χ1) is 14.0. The van der Waals surface area contributed by atoms with E-state index in [4.69, 9.17) is 20.9 Å². The number of ether oxygens (including phenoxy) is 2. The predicted octanol–water partition coefficient (Wildman–Crippen LogP) is 2.01. The minimum atomic E-state index is -0.573. The molecular weight excluding hydrogens is 406 g/mol. The summed E-state index contributed by atoms with van der Waals surface area (Å²) in [7, 11) is 0. The molecule has 1 aliphatic heterocycles. The van der Waals surface area contributed by atoms with Crippen LogP contribution in [0.15, 0.2) is 54.6 Å². The van der Waals surface area contributed by atoms with Crippen LogP contribution in [0.5, 0.6) is 5.75 Å². The zero-order valence-electron chi connectivity index (χ0n) is 16.7. The van der Waals surface area contributed by atoms with Crippen LogP contribution in [0.1, 0.15) is 24.0 Å².